The van der Waals surface area contributed by atoms with E-state index in [4.69, 9.17) is 0 Å². The Labute approximate surface area is 184 Å². The van der Waals surface area contributed by atoms with Crippen molar-refractivity contribution < 1.29 is 23.5 Å². The Kier molecular flexibility index (Phi) is 5.86. The minimum atomic E-state index is -1.12. The van der Waals surface area contributed by atoms with Gasteiger partial charge in [0.05, 0.1) is 11.6 Å². The molecule has 1 N–H and O–H groups in total. The van der Waals surface area contributed by atoms with Crippen LogP contribution in [0, 0.1) is 18.6 Å². The molecule has 162 valence electrons. The zero-order valence-electron chi connectivity index (χ0n) is 17.4. The lowest BCUT2D eigenvalue weighted by molar-refractivity contribution is -0.118. The van der Waals surface area contributed by atoms with Gasteiger partial charge in [-0.15, -0.1) is 0 Å². The highest BCUT2D eigenvalue weighted by Gasteiger charge is 2.44. The Morgan fingerprint density at radius 1 is 0.969 bits per heavy atom. The van der Waals surface area contributed by atoms with Crippen LogP contribution in [0.25, 0.3) is 0 Å². The first-order valence-electron chi connectivity index (χ1n) is 10.2. The molecule has 3 aromatic carbocycles. The molecule has 1 atom stereocenters. The third-order valence-corrected chi connectivity index (χ3v) is 5.53. The topological polar surface area (TPSA) is 57.6 Å². The fraction of sp³-hybridized carbons (Fsp3) is 0.154. The predicted molar refractivity (Wildman–Crippen MR) is 117 cm³/mol. The van der Waals surface area contributed by atoms with Crippen LogP contribution < -0.4 is 4.90 Å². The number of carbonyl (C=O) groups excluding carboxylic acids is 2. The van der Waals surface area contributed by atoms with Gasteiger partial charge in [-0.2, -0.15) is 0 Å². The summed E-state index contributed by atoms with van der Waals surface area (Å²) in [5.41, 5.74) is 2.45. The summed E-state index contributed by atoms with van der Waals surface area (Å²) in [5.74, 6) is -4.05. The summed E-state index contributed by atoms with van der Waals surface area (Å²) in [5, 5.41) is 10.7. The van der Waals surface area contributed by atoms with Crippen LogP contribution in [0.3, 0.4) is 0 Å². The van der Waals surface area contributed by atoms with E-state index in [2.05, 4.69) is 0 Å². The maximum atomic E-state index is 14.0. The second-order valence-electron chi connectivity index (χ2n) is 7.76. The number of carbonyl (C=O) groups is 2. The SMILES string of the molecule is Cc1cccc(C2C(C(=O)CCc3ccccc3)=C(O)C(=O)N2c2ccc(F)c(F)c2)c1. The molecular weight excluding hydrogens is 412 g/mol. The fourth-order valence-electron chi connectivity index (χ4n) is 3.98. The lowest BCUT2D eigenvalue weighted by atomic mass is 9.92. The standard InChI is InChI=1S/C26H21F2NO3/c1-16-6-5-9-18(14-16)24-23(22(30)13-10-17-7-3-2-4-8-17)25(31)26(32)29(24)19-11-12-20(27)21(28)15-19/h2-9,11-12,14-15,24,31H,10,13H2,1H3. The molecule has 0 aliphatic carbocycles. The Morgan fingerprint density at radius 3 is 2.41 bits per heavy atom. The molecule has 6 heteroatoms. The molecule has 0 saturated carbocycles. The maximum absolute atomic E-state index is 14.0. The highest BCUT2D eigenvalue weighted by Crippen LogP contribution is 2.41. The molecule has 1 unspecified atom stereocenters. The quantitative estimate of drug-likeness (QED) is 0.568. The number of halogens is 2. The summed E-state index contributed by atoms with van der Waals surface area (Å²) in [7, 11) is 0. The van der Waals surface area contributed by atoms with Crippen LogP contribution in [0.4, 0.5) is 14.5 Å². The van der Waals surface area contributed by atoms with Crippen LogP contribution in [0.15, 0.2) is 84.1 Å². The zero-order valence-corrected chi connectivity index (χ0v) is 17.4. The predicted octanol–water partition coefficient (Wildman–Crippen LogP) is 5.38. The smallest absolute Gasteiger partial charge is 0.294 e. The number of hydrogen-bond donors (Lipinski definition) is 1. The van der Waals surface area contributed by atoms with Gasteiger partial charge in [0.2, 0.25) is 0 Å². The molecule has 0 radical (unpaired) electrons. The number of Topliss-reactive ketones (excluding diaryl/α,β-unsaturated/α-hetero) is 1. The molecule has 0 aromatic heterocycles. The van der Waals surface area contributed by atoms with Gasteiger partial charge in [0.15, 0.2) is 23.2 Å². The third kappa shape index (κ3) is 4.04. The molecule has 32 heavy (non-hydrogen) atoms. The monoisotopic (exact) mass is 433 g/mol. The van der Waals surface area contributed by atoms with Gasteiger partial charge in [0.1, 0.15) is 0 Å². The van der Waals surface area contributed by atoms with Crippen molar-refractivity contribution in [3.63, 3.8) is 0 Å². The van der Waals surface area contributed by atoms with Gasteiger partial charge in [0, 0.05) is 18.2 Å². The van der Waals surface area contributed by atoms with Crippen molar-refractivity contribution in [1.29, 1.82) is 0 Å². The van der Waals surface area contributed by atoms with Crippen molar-refractivity contribution in [3.05, 3.63) is 112 Å². The van der Waals surface area contributed by atoms with Crippen molar-refractivity contribution in [2.75, 3.05) is 4.90 Å². The summed E-state index contributed by atoms with van der Waals surface area (Å²) in [4.78, 5) is 27.4. The number of anilines is 1. The Hall–Kier alpha value is -3.80. The lowest BCUT2D eigenvalue weighted by Gasteiger charge is -2.27. The van der Waals surface area contributed by atoms with Gasteiger partial charge in [-0.3, -0.25) is 14.5 Å². The number of nitrogens with zero attached hydrogens (tertiary/aromatic N) is 1. The van der Waals surface area contributed by atoms with E-state index in [1.807, 2.05) is 43.3 Å². The zero-order chi connectivity index (χ0) is 22.8. The van der Waals surface area contributed by atoms with Gasteiger partial charge >= 0.3 is 0 Å². The molecule has 4 nitrogen and oxygen atoms in total. The van der Waals surface area contributed by atoms with Gasteiger partial charge in [-0.05, 0) is 36.6 Å². The fourth-order valence-corrected chi connectivity index (χ4v) is 3.98. The second-order valence-corrected chi connectivity index (χ2v) is 7.76. The van der Waals surface area contributed by atoms with Crippen LogP contribution in [0.2, 0.25) is 0 Å². The van der Waals surface area contributed by atoms with E-state index in [0.717, 1.165) is 28.2 Å². The van der Waals surface area contributed by atoms with E-state index < -0.39 is 29.3 Å². The van der Waals surface area contributed by atoms with Crippen molar-refractivity contribution >= 4 is 17.4 Å². The first-order valence-corrected chi connectivity index (χ1v) is 10.2. The molecule has 3 aromatic rings. The number of amides is 1. The van der Waals surface area contributed by atoms with Gasteiger partial charge < -0.3 is 5.11 Å². The summed E-state index contributed by atoms with van der Waals surface area (Å²) in [6.07, 6.45) is 0.529. The highest BCUT2D eigenvalue weighted by molar-refractivity contribution is 6.16. The van der Waals surface area contributed by atoms with Crippen LogP contribution in [0.1, 0.15) is 29.2 Å². The minimum absolute atomic E-state index is 0.0405. The molecule has 1 aliphatic heterocycles. The number of ketones is 1. The largest absolute Gasteiger partial charge is 0.503 e. The molecule has 4 rings (SSSR count). The van der Waals surface area contributed by atoms with E-state index in [1.165, 1.54) is 6.07 Å². The molecule has 0 spiro atoms. The average molecular weight is 433 g/mol. The molecule has 0 bridgehead atoms. The van der Waals surface area contributed by atoms with Crippen molar-refractivity contribution in [1.82, 2.24) is 0 Å². The summed E-state index contributed by atoms with van der Waals surface area (Å²) < 4.78 is 27.5. The van der Waals surface area contributed by atoms with Crippen LogP contribution in [-0.4, -0.2) is 16.8 Å². The number of aliphatic hydroxyl groups is 1. The first-order chi connectivity index (χ1) is 15.4. The van der Waals surface area contributed by atoms with Crippen molar-refractivity contribution in [3.8, 4) is 0 Å². The van der Waals surface area contributed by atoms with E-state index in [9.17, 15) is 23.5 Å². The van der Waals surface area contributed by atoms with E-state index in [0.29, 0.717) is 12.0 Å². The van der Waals surface area contributed by atoms with Crippen LogP contribution in [0.5, 0.6) is 0 Å². The molecule has 1 heterocycles. The average Bonchev–Trinajstić information content (AvgIpc) is 3.05. The Bertz CT molecular complexity index is 1220. The van der Waals surface area contributed by atoms with Gasteiger partial charge in [0.25, 0.3) is 5.91 Å². The normalized spacial score (nSPS) is 16.0. The van der Waals surface area contributed by atoms with Crippen molar-refractivity contribution in [2.45, 2.75) is 25.8 Å². The van der Waals surface area contributed by atoms with E-state index >= 15 is 0 Å². The number of aryl methyl sites for hydroxylation is 2. The maximum Gasteiger partial charge on any atom is 0.294 e. The number of rotatable bonds is 6. The number of aliphatic hydroxyl groups excluding tert-OH is 1. The summed E-state index contributed by atoms with van der Waals surface area (Å²) in [6, 6.07) is 18.7. The number of benzene rings is 3. The highest BCUT2D eigenvalue weighted by atomic mass is 19.2. The second kappa shape index (κ2) is 8.75. The van der Waals surface area contributed by atoms with Gasteiger partial charge in [-0.25, -0.2) is 8.78 Å². The molecule has 0 fully saturated rings. The Balaban J connectivity index is 1.75. The van der Waals surface area contributed by atoms with Gasteiger partial charge in [-0.1, -0.05) is 60.2 Å². The minimum Gasteiger partial charge on any atom is -0.503 e. The van der Waals surface area contributed by atoms with E-state index in [1.54, 1.807) is 18.2 Å². The molecular formula is C26H21F2NO3. The Morgan fingerprint density at radius 2 is 1.72 bits per heavy atom. The van der Waals surface area contributed by atoms with Crippen molar-refractivity contribution in [2.24, 2.45) is 0 Å². The first kappa shape index (κ1) is 21.4. The molecule has 1 aliphatic rings. The summed E-state index contributed by atoms with van der Waals surface area (Å²) >= 11 is 0. The molecule has 0 saturated heterocycles. The molecule has 1 amide bonds. The lowest BCUT2D eigenvalue weighted by Crippen LogP contribution is -2.31. The van der Waals surface area contributed by atoms with Crippen LogP contribution in [-0.2, 0) is 16.0 Å². The van der Waals surface area contributed by atoms with Crippen LogP contribution >= 0.6 is 0 Å². The number of hydrogen-bond acceptors (Lipinski definition) is 3. The van der Waals surface area contributed by atoms with E-state index in [-0.39, 0.29) is 23.5 Å². The third-order valence-electron chi connectivity index (χ3n) is 5.53. The summed E-state index contributed by atoms with van der Waals surface area (Å²) in [6.45, 7) is 1.86.